The first-order valence-electron chi connectivity index (χ1n) is 1.92. The molecule has 0 bridgehead atoms. The highest BCUT2D eigenvalue weighted by Gasteiger charge is 1.94. The van der Waals surface area contributed by atoms with E-state index in [-0.39, 0.29) is 6.61 Å². The van der Waals surface area contributed by atoms with Crippen LogP contribution in [0.2, 0.25) is 0 Å². The minimum atomic E-state index is -0.653. The number of aliphatic hydroxyl groups excluding tert-OH is 1. The van der Waals surface area contributed by atoms with Crippen LogP contribution in [0, 0.1) is 0 Å². The molecule has 0 fully saturated rings. The molecule has 2 nitrogen and oxygen atoms in total. The van der Waals surface area contributed by atoms with Crippen LogP contribution in [0.25, 0.3) is 5.73 Å². The maximum Gasteiger partial charge on any atom is 0.0292 e. The smallest absolute Gasteiger partial charge is 0.0292 e. The highest BCUT2D eigenvalue weighted by atomic mass is 16.3. The molecule has 0 amide bonds. The molecule has 0 unspecified atom stereocenters. The molecular formula is C4H10NO-. The monoisotopic (exact) mass is 88.1 g/mol. The molecule has 0 aliphatic heterocycles. The van der Waals surface area contributed by atoms with Crippen LogP contribution in [0.1, 0.15) is 13.8 Å². The van der Waals surface area contributed by atoms with Gasteiger partial charge in [0, 0.05) is 6.61 Å². The second kappa shape index (κ2) is 1.58. The zero-order valence-electron chi connectivity index (χ0n) is 4.15. The average molecular weight is 88.1 g/mol. The van der Waals surface area contributed by atoms with Crippen molar-refractivity contribution in [3.8, 4) is 0 Å². The van der Waals surface area contributed by atoms with Crippen molar-refractivity contribution in [2.45, 2.75) is 19.4 Å². The number of aliphatic hydroxyl groups is 1. The van der Waals surface area contributed by atoms with Gasteiger partial charge in [-0.1, -0.05) is 13.8 Å². The van der Waals surface area contributed by atoms with Gasteiger partial charge < -0.3 is 10.8 Å². The van der Waals surface area contributed by atoms with Gasteiger partial charge in [0.25, 0.3) is 0 Å². The van der Waals surface area contributed by atoms with E-state index in [1.807, 2.05) is 0 Å². The lowest BCUT2D eigenvalue weighted by Crippen LogP contribution is -2.17. The van der Waals surface area contributed by atoms with Crippen LogP contribution in [0.15, 0.2) is 0 Å². The molecule has 0 aliphatic rings. The summed E-state index contributed by atoms with van der Waals surface area (Å²) in [5, 5.41) is 8.22. The van der Waals surface area contributed by atoms with Gasteiger partial charge in [-0.25, -0.2) is 0 Å². The first-order valence-corrected chi connectivity index (χ1v) is 1.92. The van der Waals surface area contributed by atoms with Crippen LogP contribution < -0.4 is 0 Å². The number of rotatable bonds is 1. The quantitative estimate of drug-likeness (QED) is 0.506. The number of hydrogen-bond donors (Lipinski definition) is 1. The van der Waals surface area contributed by atoms with Crippen LogP contribution in [0.3, 0.4) is 0 Å². The predicted octanol–water partition coefficient (Wildman–Crippen LogP) is 0.809. The van der Waals surface area contributed by atoms with E-state index < -0.39 is 5.54 Å². The van der Waals surface area contributed by atoms with Crippen molar-refractivity contribution in [3.63, 3.8) is 0 Å². The highest BCUT2D eigenvalue weighted by Crippen LogP contribution is 2.01. The maximum absolute atomic E-state index is 8.22. The van der Waals surface area contributed by atoms with Crippen LogP contribution in [0.4, 0.5) is 0 Å². The Balaban J connectivity index is 3.17. The molecule has 0 heterocycles. The summed E-state index contributed by atoms with van der Waals surface area (Å²) in [6, 6.07) is 0. The Bertz CT molecular complexity index is 37.3. The first-order chi connectivity index (χ1) is 2.56. The lowest BCUT2D eigenvalue weighted by molar-refractivity contribution is 0.245. The molecule has 2 N–H and O–H groups in total. The van der Waals surface area contributed by atoms with Gasteiger partial charge >= 0.3 is 0 Å². The molecule has 0 rings (SSSR count). The van der Waals surface area contributed by atoms with Gasteiger partial charge in [-0.15, -0.1) is 5.54 Å². The largest absolute Gasteiger partial charge is 0.670 e. The fourth-order valence-electron chi connectivity index (χ4n) is 0. The normalized spacial score (nSPS) is 12.0. The minimum Gasteiger partial charge on any atom is -0.670 e. The molecule has 0 saturated heterocycles. The van der Waals surface area contributed by atoms with E-state index in [9.17, 15) is 0 Å². The Labute approximate surface area is 38.0 Å². The van der Waals surface area contributed by atoms with E-state index in [4.69, 9.17) is 10.8 Å². The Morgan fingerprint density at radius 2 is 1.83 bits per heavy atom. The highest BCUT2D eigenvalue weighted by molar-refractivity contribution is 4.83. The molecule has 0 aromatic rings. The lowest BCUT2D eigenvalue weighted by atomic mass is 10.1. The molecule has 0 saturated carbocycles. The third-order valence-corrected chi connectivity index (χ3v) is 0.395. The van der Waals surface area contributed by atoms with Gasteiger partial charge in [-0.05, 0) is 0 Å². The summed E-state index contributed by atoms with van der Waals surface area (Å²) in [6.07, 6.45) is 0. The van der Waals surface area contributed by atoms with E-state index in [0.717, 1.165) is 0 Å². The molecule has 0 aromatic carbocycles. The van der Waals surface area contributed by atoms with Crippen molar-refractivity contribution in [1.29, 1.82) is 0 Å². The molecule has 38 valence electrons. The van der Waals surface area contributed by atoms with Crippen LogP contribution >= 0.6 is 0 Å². The van der Waals surface area contributed by atoms with Gasteiger partial charge in [0.1, 0.15) is 0 Å². The SMILES string of the molecule is CC(C)([NH-])CO. The zero-order valence-corrected chi connectivity index (χ0v) is 4.15. The summed E-state index contributed by atoms with van der Waals surface area (Å²) in [5.74, 6) is 0. The molecule has 2 heteroatoms. The maximum atomic E-state index is 8.22. The van der Waals surface area contributed by atoms with Crippen LogP contribution in [0.5, 0.6) is 0 Å². The summed E-state index contributed by atoms with van der Waals surface area (Å²) in [7, 11) is 0. The van der Waals surface area contributed by atoms with E-state index in [1.165, 1.54) is 0 Å². The third kappa shape index (κ3) is 3.92. The first kappa shape index (κ1) is 5.92. The Morgan fingerprint density at radius 3 is 1.83 bits per heavy atom. The van der Waals surface area contributed by atoms with Gasteiger partial charge in [-0.3, -0.25) is 0 Å². The summed E-state index contributed by atoms with van der Waals surface area (Å²) >= 11 is 0. The third-order valence-electron chi connectivity index (χ3n) is 0.395. The van der Waals surface area contributed by atoms with E-state index in [0.29, 0.717) is 0 Å². The minimum absolute atomic E-state index is 0.0625. The van der Waals surface area contributed by atoms with Crippen molar-refractivity contribution >= 4 is 0 Å². The Morgan fingerprint density at radius 1 is 1.67 bits per heavy atom. The molecule has 0 aromatic heterocycles. The molecule has 0 atom stereocenters. The second-order valence-corrected chi connectivity index (χ2v) is 2.04. The zero-order chi connectivity index (χ0) is 5.21. The van der Waals surface area contributed by atoms with Gasteiger partial charge in [0.05, 0.1) is 0 Å². The predicted molar refractivity (Wildman–Crippen MR) is 25.5 cm³/mol. The molecule has 6 heavy (non-hydrogen) atoms. The van der Waals surface area contributed by atoms with E-state index >= 15 is 0 Å². The van der Waals surface area contributed by atoms with Crippen molar-refractivity contribution < 1.29 is 5.11 Å². The van der Waals surface area contributed by atoms with Crippen LogP contribution in [-0.4, -0.2) is 17.3 Å². The van der Waals surface area contributed by atoms with Gasteiger partial charge in [-0.2, -0.15) is 0 Å². The van der Waals surface area contributed by atoms with Gasteiger partial charge in [0.2, 0.25) is 0 Å². The van der Waals surface area contributed by atoms with E-state index in [1.54, 1.807) is 13.8 Å². The molecule has 0 spiro atoms. The fraction of sp³-hybridized carbons (Fsp3) is 1.00. The van der Waals surface area contributed by atoms with Crippen molar-refractivity contribution in [1.82, 2.24) is 0 Å². The van der Waals surface area contributed by atoms with Gasteiger partial charge in [0.15, 0.2) is 0 Å². The standard InChI is InChI=1S/C4H10NO/c1-4(2,5)3-6/h5-6H,3H2,1-2H3/q-1. The number of hydrogen-bond acceptors (Lipinski definition) is 1. The second-order valence-electron chi connectivity index (χ2n) is 2.04. The van der Waals surface area contributed by atoms with Crippen molar-refractivity contribution in [2.75, 3.05) is 6.61 Å². The summed E-state index contributed by atoms with van der Waals surface area (Å²) < 4.78 is 0. The van der Waals surface area contributed by atoms with E-state index in [2.05, 4.69) is 0 Å². The topological polar surface area (TPSA) is 44.0 Å². The summed E-state index contributed by atoms with van der Waals surface area (Å²) in [6.45, 7) is 3.26. The fourth-order valence-corrected chi connectivity index (χ4v) is 0. The molecular weight excluding hydrogens is 78.0 g/mol. The van der Waals surface area contributed by atoms with Crippen LogP contribution in [-0.2, 0) is 0 Å². The summed E-state index contributed by atoms with van der Waals surface area (Å²) in [5.41, 5.74) is 6.28. The average Bonchev–Trinajstić information content (AvgIpc) is 1.35. The van der Waals surface area contributed by atoms with Crippen molar-refractivity contribution in [2.24, 2.45) is 0 Å². The van der Waals surface area contributed by atoms with Crippen molar-refractivity contribution in [3.05, 3.63) is 5.73 Å². The summed E-state index contributed by atoms with van der Waals surface area (Å²) in [4.78, 5) is 0. The number of nitrogens with one attached hydrogen (secondary N) is 1. The Kier molecular flexibility index (Phi) is 1.56. The molecule has 0 radical (unpaired) electrons. The lowest BCUT2D eigenvalue weighted by Gasteiger charge is -2.24. The Hall–Kier alpha value is -0.0800. The molecule has 0 aliphatic carbocycles.